The van der Waals surface area contributed by atoms with E-state index in [1.54, 1.807) is 12.3 Å². The quantitative estimate of drug-likeness (QED) is 0.943. The average Bonchev–Trinajstić information content (AvgIpc) is 3.04. The van der Waals surface area contributed by atoms with E-state index in [1.165, 1.54) is 12.1 Å². The van der Waals surface area contributed by atoms with Crippen LogP contribution in [-0.2, 0) is 11.2 Å². The second kappa shape index (κ2) is 6.26. The fourth-order valence-electron chi connectivity index (χ4n) is 2.87. The van der Waals surface area contributed by atoms with E-state index in [-0.39, 0.29) is 36.0 Å². The minimum atomic E-state index is -0.340. The van der Waals surface area contributed by atoms with Crippen LogP contribution in [0.3, 0.4) is 0 Å². The summed E-state index contributed by atoms with van der Waals surface area (Å²) in [6.45, 7) is 4.14. The molecule has 1 aliphatic heterocycles. The van der Waals surface area contributed by atoms with Crippen molar-refractivity contribution in [2.45, 2.75) is 19.8 Å². The van der Waals surface area contributed by atoms with Gasteiger partial charge in [-0.1, -0.05) is 6.92 Å². The molecule has 1 aromatic carbocycles. The van der Waals surface area contributed by atoms with Gasteiger partial charge in [-0.2, -0.15) is 0 Å². The predicted octanol–water partition coefficient (Wildman–Crippen LogP) is 2.73. The van der Waals surface area contributed by atoms with Gasteiger partial charge in [-0.05, 0) is 30.5 Å². The molecular formula is C16H20ClFN2O2. The van der Waals surface area contributed by atoms with Crippen molar-refractivity contribution >= 4 is 29.3 Å². The number of nitrogens with two attached hydrogens (primary N) is 1. The zero-order chi connectivity index (χ0) is 15.0. The standard InChI is InChI=1S/C16H19FN2O2.ClH/c1-16(9-18)4-5-19(10-16)15(20)6-11-8-21-14-7-12(17)2-3-13(11)14;/h2-3,7-8H,4-6,9-10,18H2,1H3;1H. The van der Waals surface area contributed by atoms with Crippen LogP contribution in [0.4, 0.5) is 4.39 Å². The topological polar surface area (TPSA) is 59.5 Å². The Morgan fingerprint density at radius 2 is 2.27 bits per heavy atom. The molecule has 0 spiro atoms. The summed E-state index contributed by atoms with van der Waals surface area (Å²) in [5.74, 6) is -0.271. The highest BCUT2D eigenvalue weighted by atomic mass is 35.5. The van der Waals surface area contributed by atoms with E-state index in [1.807, 2.05) is 4.90 Å². The Morgan fingerprint density at radius 3 is 2.95 bits per heavy atom. The third kappa shape index (κ3) is 3.10. The summed E-state index contributed by atoms with van der Waals surface area (Å²) in [6, 6.07) is 4.38. The predicted molar refractivity (Wildman–Crippen MR) is 85.5 cm³/mol. The molecule has 22 heavy (non-hydrogen) atoms. The molecule has 0 radical (unpaired) electrons. The van der Waals surface area contributed by atoms with Gasteiger partial charge in [-0.25, -0.2) is 4.39 Å². The smallest absolute Gasteiger partial charge is 0.227 e. The maximum absolute atomic E-state index is 13.1. The molecule has 0 bridgehead atoms. The van der Waals surface area contributed by atoms with Crippen molar-refractivity contribution < 1.29 is 13.6 Å². The second-order valence-electron chi connectivity index (χ2n) is 6.16. The molecule has 2 N–H and O–H groups in total. The lowest BCUT2D eigenvalue weighted by Crippen LogP contribution is -2.35. The number of fused-ring (bicyclic) bond motifs is 1. The van der Waals surface area contributed by atoms with Gasteiger partial charge < -0.3 is 15.1 Å². The first-order chi connectivity index (χ1) is 10.0. The molecule has 1 saturated heterocycles. The summed E-state index contributed by atoms with van der Waals surface area (Å²) in [6.07, 6.45) is 2.76. The van der Waals surface area contributed by atoms with Crippen LogP contribution in [0.25, 0.3) is 11.0 Å². The molecule has 0 aliphatic carbocycles. The minimum Gasteiger partial charge on any atom is -0.464 e. The first kappa shape index (κ1) is 16.8. The number of likely N-dealkylation sites (tertiary alicyclic amines) is 1. The van der Waals surface area contributed by atoms with E-state index in [2.05, 4.69) is 6.92 Å². The van der Waals surface area contributed by atoms with Crippen LogP contribution in [0, 0.1) is 11.2 Å². The number of nitrogens with zero attached hydrogens (tertiary/aromatic N) is 1. The number of rotatable bonds is 3. The molecule has 1 aliphatic rings. The number of benzene rings is 1. The van der Waals surface area contributed by atoms with E-state index in [9.17, 15) is 9.18 Å². The van der Waals surface area contributed by atoms with Crippen LogP contribution in [0.1, 0.15) is 18.9 Å². The summed E-state index contributed by atoms with van der Waals surface area (Å²) in [7, 11) is 0. The average molecular weight is 327 g/mol. The first-order valence-corrected chi connectivity index (χ1v) is 7.14. The summed E-state index contributed by atoms with van der Waals surface area (Å²) < 4.78 is 18.5. The molecule has 120 valence electrons. The van der Waals surface area contributed by atoms with E-state index in [0.29, 0.717) is 18.7 Å². The SMILES string of the molecule is CC1(CN)CCN(C(=O)Cc2coc3cc(F)ccc23)C1.Cl. The third-order valence-corrected chi connectivity index (χ3v) is 4.36. The van der Waals surface area contributed by atoms with Crippen molar-refractivity contribution in [3.63, 3.8) is 0 Å². The number of carbonyl (C=O) groups excluding carboxylic acids is 1. The minimum absolute atomic E-state index is 0. The van der Waals surface area contributed by atoms with Crippen molar-refractivity contribution in [1.82, 2.24) is 4.90 Å². The van der Waals surface area contributed by atoms with Crippen molar-refractivity contribution in [3.05, 3.63) is 35.8 Å². The highest BCUT2D eigenvalue weighted by Crippen LogP contribution is 2.29. The number of halogens is 2. The third-order valence-electron chi connectivity index (χ3n) is 4.36. The largest absolute Gasteiger partial charge is 0.464 e. The lowest BCUT2D eigenvalue weighted by molar-refractivity contribution is -0.129. The van der Waals surface area contributed by atoms with Gasteiger partial charge in [0.2, 0.25) is 5.91 Å². The Morgan fingerprint density at radius 1 is 1.50 bits per heavy atom. The van der Waals surface area contributed by atoms with Gasteiger partial charge in [0.25, 0.3) is 0 Å². The van der Waals surface area contributed by atoms with Gasteiger partial charge >= 0.3 is 0 Å². The summed E-state index contributed by atoms with van der Waals surface area (Å²) in [4.78, 5) is 14.3. The Bertz CT molecular complexity index is 688. The van der Waals surface area contributed by atoms with Gasteiger partial charge in [0.05, 0.1) is 12.7 Å². The fraction of sp³-hybridized carbons (Fsp3) is 0.438. The molecule has 0 saturated carbocycles. The van der Waals surface area contributed by atoms with Crippen molar-refractivity contribution in [3.8, 4) is 0 Å². The molecule has 2 aromatic rings. The highest BCUT2D eigenvalue weighted by molar-refractivity contribution is 5.87. The van der Waals surface area contributed by atoms with Gasteiger partial charge in [-0.3, -0.25) is 4.79 Å². The molecule has 4 nitrogen and oxygen atoms in total. The molecule has 1 unspecified atom stereocenters. The fourth-order valence-corrected chi connectivity index (χ4v) is 2.87. The van der Waals surface area contributed by atoms with Gasteiger partial charge in [-0.15, -0.1) is 12.4 Å². The maximum atomic E-state index is 13.1. The van der Waals surface area contributed by atoms with Crippen LogP contribution in [-0.4, -0.2) is 30.4 Å². The zero-order valence-corrected chi connectivity index (χ0v) is 13.3. The lowest BCUT2D eigenvalue weighted by atomic mass is 9.90. The van der Waals surface area contributed by atoms with Crippen LogP contribution in [0.2, 0.25) is 0 Å². The van der Waals surface area contributed by atoms with Crippen molar-refractivity contribution in [1.29, 1.82) is 0 Å². The van der Waals surface area contributed by atoms with E-state index >= 15 is 0 Å². The van der Waals surface area contributed by atoms with Crippen LogP contribution >= 0.6 is 12.4 Å². The van der Waals surface area contributed by atoms with Gasteiger partial charge in [0.15, 0.2) is 0 Å². The van der Waals surface area contributed by atoms with E-state index in [4.69, 9.17) is 10.2 Å². The molecule has 1 fully saturated rings. The number of carbonyl (C=O) groups is 1. The Balaban J connectivity index is 0.00000176. The number of hydrogen-bond donors (Lipinski definition) is 1. The monoisotopic (exact) mass is 326 g/mol. The maximum Gasteiger partial charge on any atom is 0.227 e. The number of hydrogen-bond acceptors (Lipinski definition) is 3. The van der Waals surface area contributed by atoms with Crippen LogP contribution < -0.4 is 5.73 Å². The molecule has 1 amide bonds. The summed E-state index contributed by atoms with van der Waals surface area (Å²) in [5, 5.41) is 0.797. The zero-order valence-electron chi connectivity index (χ0n) is 12.5. The van der Waals surface area contributed by atoms with Crippen LogP contribution in [0.5, 0.6) is 0 Å². The second-order valence-corrected chi connectivity index (χ2v) is 6.16. The summed E-state index contributed by atoms with van der Waals surface area (Å²) in [5.41, 5.74) is 7.07. The molecule has 6 heteroatoms. The Hall–Kier alpha value is -1.59. The van der Waals surface area contributed by atoms with Crippen molar-refractivity contribution in [2.75, 3.05) is 19.6 Å². The molecule has 1 atom stereocenters. The molecule has 1 aromatic heterocycles. The Labute approximate surface area is 134 Å². The lowest BCUT2D eigenvalue weighted by Gasteiger charge is -2.22. The molecular weight excluding hydrogens is 307 g/mol. The summed E-state index contributed by atoms with van der Waals surface area (Å²) >= 11 is 0. The van der Waals surface area contributed by atoms with Gasteiger partial charge in [0, 0.05) is 30.1 Å². The van der Waals surface area contributed by atoms with E-state index < -0.39 is 0 Å². The molecule has 2 heterocycles. The Kier molecular flexibility index (Phi) is 4.78. The normalized spacial score (nSPS) is 21.1. The molecule has 3 rings (SSSR count). The highest BCUT2D eigenvalue weighted by Gasteiger charge is 2.34. The van der Waals surface area contributed by atoms with Crippen LogP contribution in [0.15, 0.2) is 28.9 Å². The van der Waals surface area contributed by atoms with E-state index in [0.717, 1.165) is 23.9 Å². The number of furan rings is 1. The van der Waals surface area contributed by atoms with Crippen molar-refractivity contribution in [2.24, 2.45) is 11.1 Å². The number of amides is 1. The first-order valence-electron chi connectivity index (χ1n) is 7.14. The van der Waals surface area contributed by atoms with Gasteiger partial charge in [0.1, 0.15) is 11.4 Å².